The van der Waals surface area contributed by atoms with Crippen LogP contribution in [0.25, 0.3) is 6.08 Å². The van der Waals surface area contributed by atoms with Gasteiger partial charge < -0.3 is 24.4 Å². The summed E-state index contributed by atoms with van der Waals surface area (Å²) < 4.78 is 19.4. The van der Waals surface area contributed by atoms with Crippen molar-refractivity contribution in [1.82, 2.24) is 10.2 Å². The first kappa shape index (κ1) is 23.3. The Labute approximate surface area is 219 Å². The van der Waals surface area contributed by atoms with Crippen LogP contribution < -0.4 is 14.8 Å². The summed E-state index contributed by atoms with van der Waals surface area (Å²) in [6.07, 6.45) is 8.66. The Balaban J connectivity index is 1.26. The van der Waals surface area contributed by atoms with E-state index >= 15 is 0 Å². The second-order valence-corrected chi connectivity index (χ2v) is 11.8. The summed E-state index contributed by atoms with van der Waals surface area (Å²) in [5, 5.41) is 3.22. The first-order chi connectivity index (χ1) is 18.0. The van der Waals surface area contributed by atoms with E-state index in [1.54, 1.807) is 13.2 Å². The smallest absolute Gasteiger partial charge is 0.244 e. The minimum Gasteiger partial charge on any atom is -0.493 e. The quantitative estimate of drug-likeness (QED) is 0.609. The van der Waals surface area contributed by atoms with Crippen LogP contribution in [-0.4, -0.2) is 62.9 Å². The average molecular weight is 501 g/mol. The number of benzene rings is 2. The van der Waals surface area contributed by atoms with Crippen molar-refractivity contribution in [2.24, 2.45) is 11.3 Å². The number of piperidine rings is 1. The molecule has 2 aromatic carbocycles. The molecule has 4 fully saturated rings. The van der Waals surface area contributed by atoms with Crippen LogP contribution in [0.15, 0.2) is 48.5 Å². The molecule has 2 spiro atoms. The SMILES string of the molecule is COc1ccc2c3c1O[C@H]1[C@@]4(OC)CC[C@@]5(C[C@@H]4CNC(=O)/C=C/c4ccccc4)[C@@H](C2)N(C)CC[C@]315. The lowest BCUT2D eigenvalue weighted by Gasteiger charge is -2.73. The van der Waals surface area contributed by atoms with Gasteiger partial charge in [0.15, 0.2) is 11.5 Å². The molecule has 0 radical (unpaired) electrons. The molecule has 3 saturated carbocycles. The molecule has 4 aliphatic carbocycles. The maximum Gasteiger partial charge on any atom is 0.244 e. The standard InChI is InChI=1S/C31H36N2O4/c1-33-16-15-30-26-21-10-11-23(35-2)27(26)37-28(30)31(36-3)14-13-29(30,24(33)17-21)18-22(31)19-32-25(34)12-9-20-7-5-4-6-8-20/h4-12,22,24,28H,13-19H2,1-3H3,(H,32,34)/b12-9+/t22-,24-,28-,29-,30+,31-/m1/s1. The second-order valence-electron chi connectivity index (χ2n) is 11.8. The number of rotatable bonds is 6. The number of likely N-dealkylation sites (N-methyl/N-ethyl adjacent to an activating group) is 1. The van der Waals surface area contributed by atoms with Gasteiger partial charge in [0.1, 0.15) is 11.7 Å². The fourth-order valence-electron chi connectivity index (χ4n) is 9.24. The number of ether oxygens (including phenoxy) is 3. The van der Waals surface area contributed by atoms with Crippen molar-refractivity contribution < 1.29 is 19.0 Å². The van der Waals surface area contributed by atoms with Gasteiger partial charge in [0.25, 0.3) is 0 Å². The molecule has 2 heterocycles. The largest absolute Gasteiger partial charge is 0.493 e. The number of amides is 1. The molecule has 6 atom stereocenters. The zero-order chi connectivity index (χ0) is 25.4. The number of carbonyl (C=O) groups excluding carboxylic acids is 1. The van der Waals surface area contributed by atoms with Crippen LogP contribution in [0.4, 0.5) is 0 Å². The van der Waals surface area contributed by atoms with E-state index in [9.17, 15) is 4.79 Å². The van der Waals surface area contributed by atoms with Crippen LogP contribution >= 0.6 is 0 Å². The zero-order valence-electron chi connectivity index (χ0n) is 22.0. The van der Waals surface area contributed by atoms with Crippen molar-refractivity contribution >= 4 is 12.0 Å². The van der Waals surface area contributed by atoms with E-state index < -0.39 is 5.60 Å². The summed E-state index contributed by atoms with van der Waals surface area (Å²) in [7, 11) is 5.88. The van der Waals surface area contributed by atoms with Gasteiger partial charge in [-0.15, -0.1) is 0 Å². The number of likely N-dealkylation sites (tertiary alicyclic amines) is 1. The molecule has 194 valence electrons. The monoisotopic (exact) mass is 500 g/mol. The minimum atomic E-state index is -0.447. The Morgan fingerprint density at radius 1 is 1.16 bits per heavy atom. The van der Waals surface area contributed by atoms with Gasteiger partial charge in [-0.25, -0.2) is 0 Å². The van der Waals surface area contributed by atoms with Gasteiger partial charge in [-0.05, 0) is 69.0 Å². The molecule has 0 aromatic heterocycles. The molecule has 1 N–H and O–H groups in total. The van der Waals surface area contributed by atoms with Crippen molar-refractivity contribution in [1.29, 1.82) is 0 Å². The first-order valence-corrected chi connectivity index (χ1v) is 13.6. The highest BCUT2D eigenvalue weighted by Crippen LogP contribution is 2.76. The lowest BCUT2D eigenvalue weighted by atomic mass is 9.35. The zero-order valence-corrected chi connectivity index (χ0v) is 22.0. The molecule has 1 saturated heterocycles. The minimum absolute atomic E-state index is 0.0655. The number of nitrogens with one attached hydrogen (secondary N) is 1. The lowest BCUT2D eigenvalue weighted by molar-refractivity contribution is -0.274. The Morgan fingerprint density at radius 2 is 2.00 bits per heavy atom. The van der Waals surface area contributed by atoms with Crippen molar-refractivity contribution in [2.45, 2.75) is 55.3 Å². The van der Waals surface area contributed by atoms with Crippen molar-refractivity contribution in [2.75, 3.05) is 34.4 Å². The number of hydrogen-bond donors (Lipinski definition) is 1. The van der Waals surface area contributed by atoms with E-state index in [2.05, 4.69) is 29.4 Å². The van der Waals surface area contributed by atoms with Crippen LogP contribution in [0.2, 0.25) is 0 Å². The fourth-order valence-corrected chi connectivity index (χ4v) is 9.24. The molecule has 2 aromatic rings. The predicted molar refractivity (Wildman–Crippen MR) is 142 cm³/mol. The van der Waals surface area contributed by atoms with E-state index in [0.717, 1.165) is 55.7 Å². The predicted octanol–water partition coefficient (Wildman–Crippen LogP) is 3.97. The highest BCUT2D eigenvalue weighted by Gasteiger charge is 2.80. The van der Waals surface area contributed by atoms with Gasteiger partial charge >= 0.3 is 0 Å². The first-order valence-electron chi connectivity index (χ1n) is 13.6. The molecule has 6 nitrogen and oxygen atoms in total. The van der Waals surface area contributed by atoms with Crippen LogP contribution in [0.1, 0.15) is 42.4 Å². The van der Waals surface area contributed by atoms with Gasteiger partial charge in [-0.1, -0.05) is 36.4 Å². The molecule has 37 heavy (non-hydrogen) atoms. The number of nitrogens with zero attached hydrogens (tertiary/aromatic N) is 1. The van der Waals surface area contributed by atoms with Gasteiger partial charge in [0.05, 0.1) is 7.11 Å². The maximum atomic E-state index is 12.9. The van der Waals surface area contributed by atoms with E-state index in [-0.39, 0.29) is 28.8 Å². The van der Waals surface area contributed by atoms with Crippen LogP contribution in [0, 0.1) is 11.3 Å². The summed E-state index contributed by atoms with van der Waals surface area (Å²) in [5.41, 5.74) is 3.42. The van der Waals surface area contributed by atoms with Crippen molar-refractivity contribution in [3.63, 3.8) is 0 Å². The molecular weight excluding hydrogens is 464 g/mol. The Morgan fingerprint density at radius 3 is 2.78 bits per heavy atom. The topological polar surface area (TPSA) is 60.0 Å². The summed E-state index contributed by atoms with van der Waals surface area (Å²) >= 11 is 0. The third-order valence-electron chi connectivity index (χ3n) is 10.7. The molecule has 2 aliphatic heterocycles. The second kappa shape index (κ2) is 8.08. The highest BCUT2D eigenvalue weighted by atomic mass is 16.6. The third-order valence-corrected chi connectivity index (χ3v) is 10.7. The van der Waals surface area contributed by atoms with Crippen molar-refractivity contribution in [3.05, 3.63) is 65.2 Å². The van der Waals surface area contributed by atoms with Crippen LogP contribution in [0.3, 0.4) is 0 Å². The molecular formula is C31H36N2O4. The number of methoxy groups -OCH3 is 2. The fraction of sp³-hybridized carbons (Fsp3) is 0.516. The Kier molecular flexibility index (Phi) is 5.09. The van der Waals surface area contributed by atoms with Gasteiger partial charge in [-0.3, -0.25) is 4.79 Å². The molecule has 0 unspecified atom stereocenters. The van der Waals surface area contributed by atoms with Crippen LogP contribution in [-0.2, 0) is 21.4 Å². The van der Waals surface area contributed by atoms with Gasteiger partial charge in [-0.2, -0.15) is 0 Å². The lowest BCUT2D eigenvalue weighted by Crippen LogP contribution is -2.81. The Hall–Kier alpha value is -2.83. The highest BCUT2D eigenvalue weighted by molar-refractivity contribution is 5.91. The van der Waals surface area contributed by atoms with Gasteiger partial charge in [0.2, 0.25) is 5.91 Å². The number of carbonyl (C=O) groups is 1. The van der Waals surface area contributed by atoms with Gasteiger partial charge in [0, 0.05) is 48.1 Å². The summed E-state index contributed by atoms with van der Waals surface area (Å²) in [6.45, 7) is 1.65. The Bertz CT molecular complexity index is 1280. The molecule has 4 bridgehead atoms. The molecule has 8 rings (SSSR count). The third kappa shape index (κ3) is 2.86. The van der Waals surface area contributed by atoms with E-state index in [1.165, 1.54) is 11.1 Å². The molecule has 6 heteroatoms. The molecule has 6 aliphatic rings. The normalized spacial score (nSPS) is 36.8. The summed E-state index contributed by atoms with van der Waals surface area (Å²) in [4.78, 5) is 15.5. The maximum absolute atomic E-state index is 12.9. The van der Waals surface area contributed by atoms with E-state index in [1.807, 2.05) is 43.5 Å². The summed E-state index contributed by atoms with van der Waals surface area (Å²) in [6, 6.07) is 14.7. The van der Waals surface area contributed by atoms with E-state index in [4.69, 9.17) is 14.2 Å². The van der Waals surface area contributed by atoms with Crippen molar-refractivity contribution in [3.8, 4) is 11.5 Å². The molecule has 1 amide bonds. The number of fused-ring (bicyclic) bond motifs is 2. The average Bonchev–Trinajstić information content (AvgIpc) is 3.30. The number of hydrogen-bond acceptors (Lipinski definition) is 5. The van der Waals surface area contributed by atoms with E-state index in [0.29, 0.717) is 12.6 Å². The van der Waals surface area contributed by atoms with Crippen LogP contribution in [0.5, 0.6) is 11.5 Å². The summed E-state index contributed by atoms with van der Waals surface area (Å²) in [5.74, 6) is 1.88.